The van der Waals surface area contributed by atoms with Crippen LogP contribution in [0.2, 0.25) is 0 Å². The minimum absolute atomic E-state index is 0.479. The molecule has 1 heterocycles. The molecule has 0 aromatic carbocycles. The summed E-state index contributed by atoms with van der Waals surface area (Å²) in [6.45, 7) is 0. The molecule has 4 nitrogen and oxygen atoms in total. The molecule has 0 unspecified atom stereocenters. The average Bonchev–Trinajstić information content (AvgIpc) is 2.34. The van der Waals surface area contributed by atoms with Gasteiger partial charge in [-0.1, -0.05) is 4.49 Å². The van der Waals surface area contributed by atoms with Crippen molar-refractivity contribution in [1.29, 1.82) is 0 Å². The van der Waals surface area contributed by atoms with Gasteiger partial charge >= 0.3 is 0 Å². The number of primary amides is 1. The van der Waals surface area contributed by atoms with Crippen molar-refractivity contribution in [2.24, 2.45) is 5.73 Å². The third-order valence-electron chi connectivity index (χ3n) is 0.795. The van der Waals surface area contributed by atoms with Crippen molar-refractivity contribution >= 4 is 23.5 Å². The second kappa shape index (κ2) is 3.07. The van der Waals surface area contributed by atoms with Crippen molar-refractivity contribution in [3.63, 3.8) is 0 Å². The molecule has 0 bridgehead atoms. The average molecular weight is 155 g/mol. The van der Waals surface area contributed by atoms with E-state index in [1.807, 2.05) is 0 Å². The lowest BCUT2D eigenvalue weighted by atomic mass is 10.4. The first kappa shape index (κ1) is 6.88. The Morgan fingerprint density at radius 1 is 1.80 bits per heavy atom. The van der Waals surface area contributed by atoms with E-state index in [4.69, 9.17) is 5.73 Å². The quantitative estimate of drug-likeness (QED) is 0.613. The van der Waals surface area contributed by atoms with E-state index in [-0.39, 0.29) is 0 Å². The predicted octanol–water partition coefficient (Wildman–Crippen LogP) is 0.0366. The number of carbonyl (C=O) groups is 1. The standard InChI is InChI=1S/C5H5N3OS/c6-5(9)2-1-4-3-10-8-7-4/h1-3H,(H2,6,9)/b2-1+. The fourth-order valence-corrected chi connectivity index (χ4v) is 0.834. The van der Waals surface area contributed by atoms with Gasteiger partial charge in [0.1, 0.15) is 0 Å². The summed E-state index contributed by atoms with van der Waals surface area (Å²) in [7, 11) is 0. The van der Waals surface area contributed by atoms with Gasteiger partial charge < -0.3 is 5.73 Å². The fraction of sp³-hybridized carbons (Fsp3) is 0. The number of carbonyl (C=O) groups excluding carboxylic acids is 1. The number of hydrogen-bond acceptors (Lipinski definition) is 4. The molecule has 10 heavy (non-hydrogen) atoms. The van der Waals surface area contributed by atoms with Crippen LogP contribution in [0.1, 0.15) is 5.69 Å². The van der Waals surface area contributed by atoms with E-state index >= 15 is 0 Å². The maximum Gasteiger partial charge on any atom is 0.241 e. The normalized spacial score (nSPS) is 10.4. The van der Waals surface area contributed by atoms with E-state index < -0.39 is 5.91 Å². The van der Waals surface area contributed by atoms with Crippen molar-refractivity contribution < 1.29 is 4.79 Å². The molecule has 0 aliphatic carbocycles. The largest absolute Gasteiger partial charge is 0.366 e. The summed E-state index contributed by atoms with van der Waals surface area (Å²) < 4.78 is 3.59. The van der Waals surface area contributed by atoms with E-state index in [0.717, 1.165) is 0 Å². The summed E-state index contributed by atoms with van der Waals surface area (Å²) in [4.78, 5) is 10.2. The molecule has 0 fully saturated rings. The Bertz CT molecular complexity index is 241. The van der Waals surface area contributed by atoms with Crippen LogP contribution >= 0.6 is 11.5 Å². The Kier molecular flexibility index (Phi) is 2.11. The van der Waals surface area contributed by atoms with E-state index in [9.17, 15) is 4.79 Å². The van der Waals surface area contributed by atoms with Crippen LogP contribution in [0.25, 0.3) is 6.08 Å². The maximum atomic E-state index is 10.2. The summed E-state index contributed by atoms with van der Waals surface area (Å²) in [5.74, 6) is -0.479. The van der Waals surface area contributed by atoms with Gasteiger partial charge in [0.05, 0.1) is 5.69 Å². The van der Waals surface area contributed by atoms with Gasteiger partial charge in [-0.15, -0.1) is 5.10 Å². The fourth-order valence-electron chi connectivity index (χ4n) is 0.412. The molecule has 0 aliphatic heterocycles. The molecule has 52 valence electrons. The molecular weight excluding hydrogens is 150 g/mol. The van der Waals surface area contributed by atoms with Crippen LogP contribution in [-0.4, -0.2) is 15.5 Å². The molecule has 0 atom stereocenters. The van der Waals surface area contributed by atoms with Crippen LogP contribution in [0.15, 0.2) is 11.5 Å². The number of amides is 1. The first-order chi connectivity index (χ1) is 4.79. The molecule has 1 amide bonds. The van der Waals surface area contributed by atoms with Crippen molar-refractivity contribution in [1.82, 2.24) is 9.59 Å². The Labute approximate surface area is 61.5 Å². The van der Waals surface area contributed by atoms with E-state index in [1.54, 1.807) is 5.38 Å². The van der Waals surface area contributed by atoms with Gasteiger partial charge in [-0.3, -0.25) is 4.79 Å². The predicted molar refractivity (Wildman–Crippen MR) is 38.1 cm³/mol. The summed E-state index contributed by atoms with van der Waals surface area (Å²) in [6.07, 6.45) is 2.77. The molecule has 0 aliphatic rings. The van der Waals surface area contributed by atoms with Gasteiger partial charge in [0, 0.05) is 11.5 Å². The van der Waals surface area contributed by atoms with E-state index in [2.05, 4.69) is 9.59 Å². The van der Waals surface area contributed by atoms with Gasteiger partial charge in [-0.25, -0.2) is 0 Å². The van der Waals surface area contributed by atoms with Crippen molar-refractivity contribution in [2.75, 3.05) is 0 Å². The highest BCUT2D eigenvalue weighted by Crippen LogP contribution is 1.98. The van der Waals surface area contributed by atoms with E-state index in [1.165, 1.54) is 23.7 Å². The van der Waals surface area contributed by atoms with Gasteiger partial charge in [0.2, 0.25) is 5.91 Å². The van der Waals surface area contributed by atoms with Crippen LogP contribution in [0.4, 0.5) is 0 Å². The summed E-state index contributed by atoms with van der Waals surface area (Å²) in [5.41, 5.74) is 5.49. The highest BCUT2D eigenvalue weighted by molar-refractivity contribution is 7.03. The molecule has 1 aromatic rings. The van der Waals surface area contributed by atoms with Crippen LogP contribution in [-0.2, 0) is 4.79 Å². The third-order valence-corrected chi connectivity index (χ3v) is 1.32. The second-order valence-corrected chi connectivity index (χ2v) is 2.18. The third kappa shape index (κ3) is 1.94. The number of rotatable bonds is 2. The van der Waals surface area contributed by atoms with Gasteiger partial charge in [0.15, 0.2) is 0 Å². The van der Waals surface area contributed by atoms with Gasteiger partial charge in [-0.05, 0) is 17.6 Å². The topological polar surface area (TPSA) is 68.9 Å². The zero-order valence-electron chi connectivity index (χ0n) is 5.02. The zero-order chi connectivity index (χ0) is 7.40. The molecule has 1 rings (SSSR count). The number of nitrogens with zero attached hydrogens (tertiary/aromatic N) is 2. The summed E-state index contributed by atoms with van der Waals surface area (Å²) >= 11 is 1.23. The molecule has 0 saturated heterocycles. The van der Waals surface area contributed by atoms with Crippen LogP contribution < -0.4 is 5.73 Å². The van der Waals surface area contributed by atoms with Gasteiger partial charge in [0.25, 0.3) is 0 Å². The minimum atomic E-state index is -0.479. The van der Waals surface area contributed by atoms with Crippen molar-refractivity contribution in [3.8, 4) is 0 Å². The van der Waals surface area contributed by atoms with Crippen molar-refractivity contribution in [2.45, 2.75) is 0 Å². The lowest BCUT2D eigenvalue weighted by Crippen LogP contribution is -2.05. The minimum Gasteiger partial charge on any atom is -0.366 e. The molecule has 0 spiro atoms. The Morgan fingerprint density at radius 3 is 3.10 bits per heavy atom. The van der Waals surface area contributed by atoms with Crippen LogP contribution in [0.3, 0.4) is 0 Å². The SMILES string of the molecule is NC(=O)/C=C/c1csnn1. The molecular formula is C5H5N3OS. The van der Waals surface area contributed by atoms with Gasteiger partial charge in [-0.2, -0.15) is 0 Å². The number of hydrogen-bond donors (Lipinski definition) is 1. The Morgan fingerprint density at radius 2 is 2.60 bits per heavy atom. The molecule has 5 heteroatoms. The molecule has 0 saturated carbocycles. The van der Waals surface area contributed by atoms with Crippen molar-refractivity contribution in [3.05, 3.63) is 17.2 Å². The monoisotopic (exact) mass is 155 g/mol. The highest BCUT2D eigenvalue weighted by Gasteiger charge is 1.88. The number of nitrogens with two attached hydrogens (primary N) is 1. The Balaban J connectivity index is 2.64. The maximum absolute atomic E-state index is 10.2. The summed E-state index contributed by atoms with van der Waals surface area (Å²) in [5, 5.41) is 5.38. The molecule has 1 aromatic heterocycles. The first-order valence-electron chi connectivity index (χ1n) is 2.53. The Hall–Kier alpha value is -1.23. The first-order valence-corrected chi connectivity index (χ1v) is 3.37. The van der Waals surface area contributed by atoms with Crippen LogP contribution in [0.5, 0.6) is 0 Å². The van der Waals surface area contributed by atoms with Crippen LogP contribution in [0, 0.1) is 0 Å². The van der Waals surface area contributed by atoms with E-state index in [0.29, 0.717) is 5.69 Å². The highest BCUT2D eigenvalue weighted by atomic mass is 32.1. The molecule has 0 radical (unpaired) electrons. The molecule has 2 N–H and O–H groups in total. The lowest BCUT2D eigenvalue weighted by molar-refractivity contribution is -0.113. The number of aromatic nitrogens is 2. The second-order valence-electron chi connectivity index (χ2n) is 1.57. The summed E-state index contributed by atoms with van der Waals surface area (Å²) in [6, 6.07) is 0. The lowest BCUT2D eigenvalue weighted by Gasteiger charge is -1.77. The smallest absolute Gasteiger partial charge is 0.241 e. The zero-order valence-corrected chi connectivity index (χ0v) is 5.84.